The van der Waals surface area contributed by atoms with E-state index in [2.05, 4.69) is 49.1 Å². The number of hydrogen-bond acceptors (Lipinski definition) is 2. The summed E-state index contributed by atoms with van der Waals surface area (Å²) in [7, 11) is 0.736. The Morgan fingerprint density at radius 1 is 1.18 bits per heavy atom. The van der Waals surface area contributed by atoms with Crippen molar-refractivity contribution >= 4 is 14.0 Å². The Labute approximate surface area is 135 Å². The molecule has 0 bridgehead atoms. The average molecular weight is 315 g/mol. The maximum absolute atomic E-state index is 12.4. The van der Waals surface area contributed by atoms with Crippen molar-refractivity contribution < 1.29 is 4.79 Å². The average Bonchev–Trinajstić information content (AvgIpc) is 2.45. The lowest BCUT2D eigenvalue weighted by Gasteiger charge is -2.32. The molecule has 1 amide bonds. The standard InChI is InChI=1S/C18H26N2OSi/c1-19-9-11-20(12-10-19)18(21)15-17-7-5-6-16(14-17)8-13-22(2,3)4/h5-7,14H,9-12,15H2,1-4H3. The molecule has 0 unspecified atom stereocenters. The molecule has 0 spiro atoms. The van der Waals surface area contributed by atoms with Gasteiger partial charge in [-0.3, -0.25) is 4.79 Å². The fourth-order valence-electron chi connectivity index (χ4n) is 2.36. The normalized spacial score (nSPS) is 16.1. The van der Waals surface area contributed by atoms with E-state index in [1.807, 2.05) is 23.1 Å². The first-order chi connectivity index (χ1) is 10.3. The maximum atomic E-state index is 12.4. The Morgan fingerprint density at radius 3 is 2.50 bits per heavy atom. The topological polar surface area (TPSA) is 23.6 Å². The Bertz CT molecular complexity index is 587. The second kappa shape index (κ2) is 7.13. The second-order valence-corrected chi connectivity index (χ2v) is 11.8. The third-order valence-electron chi connectivity index (χ3n) is 3.72. The summed E-state index contributed by atoms with van der Waals surface area (Å²) in [5.74, 6) is 3.49. The van der Waals surface area contributed by atoms with Gasteiger partial charge in [0.25, 0.3) is 0 Å². The van der Waals surface area contributed by atoms with Gasteiger partial charge in [0.15, 0.2) is 0 Å². The molecule has 1 aromatic rings. The van der Waals surface area contributed by atoms with Crippen molar-refractivity contribution in [1.82, 2.24) is 9.80 Å². The van der Waals surface area contributed by atoms with E-state index in [1.165, 1.54) is 0 Å². The van der Waals surface area contributed by atoms with E-state index in [9.17, 15) is 4.79 Å². The van der Waals surface area contributed by atoms with Gasteiger partial charge in [0.2, 0.25) is 5.91 Å². The Balaban J connectivity index is 2.01. The van der Waals surface area contributed by atoms with Gasteiger partial charge in [0.05, 0.1) is 6.42 Å². The lowest BCUT2D eigenvalue weighted by Crippen LogP contribution is -2.47. The zero-order chi connectivity index (χ0) is 16.2. The Morgan fingerprint density at radius 2 is 1.86 bits per heavy atom. The molecule has 1 aliphatic rings. The molecule has 3 nitrogen and oxygen atoms in total. The number of nitrogens with zero attached hydrogens (tertiary/aromatic N) is 2. The number of amides is 1. The fraction of sp³-hybridized carbons (Fsp3) is 0.500. The molecule has 0 radical (unpaired) electrons. The van der Waals surface area contributed by atoms with Crippen LogP contribution in [0.3, 0.4) is 0 Å². The molecule has 1 saturated heterocycles. The zero-order valence-corrected chi connectivity index (χ0v) is 15.1. The van der Waals surface area contributed by atoms with Crippen molar-refractivity contribution in [3.05, 3.63) is 35.4 Å². The number of benzene rings is 1. The summed E-state index contributed by atoms with van der Waals surface area (Å²) in [6, 6.07) is 8.10. The summed E-state index contributed by atoms with van der Waals surface area (Å²) in [5.41, 5.74) is 5.46. The molecule has 1 fully saturated rings. The van der Waals surface area contributed by atoms with Crippen LogP contribution in [0.5, 0.6) is 0 Å². The van der Waals surface area contributed by atoms with Gasteiger partial charge < -0.3 is 9.80 Å². The summed E-state index contributed by atoms with van der Waals surface area (Å²) in [5, 5.41) is 0. The predicted molar refractivity (Wildman–Crippen MR) is 94.4 cm³/mol. The highest BCUT2D eigenvalue weighted by Gasteiger charge is 2.19. The predicted octanol–water partition coefficient (Wildman–Crippen LogP) is 2.23. The molecule has 1 aliphatic heterocycles. The van der Waals surface area contributed by atoms with Crippen molar-refractivity contribution in [2.24, 2.45) is 0 Å². The van der Waals surface area contributed by atoms with Crippen molar-refractivity contribution in [2.45, 2.75) is 26.1 Å². The van der Waals surface area contributed by atoms with E-state index in [1.54, 1.807) is 0 Å². The first-order valence-corrected chi connectivity index (χ1v) is 11.4. The molecule has 22 heavy (non-hydrogen) atoms. The van der Waals surface area contributed by atoms with Gasteiger partial charge in [-0.2, -0.15) is 0 Å². The third-order valence-corrected chi connectivity index (χ3v) is 4.60. The van der Waals surface area contributed by atoms with Crippen LogP contribution in [0.2, 0.25) is 19.6 Å². The van der Waals surface area contributed by atoms with Crippen LogP contribution in [0.1, 0.15) is 11.1 Å². The highest BCUT2D eigenvalue weighted by atomic mass is 28.3. The molecule has 0 atom stereocenters. The van der Waals surface area contributed by atoms with Crippen LogP contribution in [0, 0.1) is 11.5 Å². The Kier molecular flexibility index (Phi) is 5.44. The number of piperazine rings is 1. The van der Waals surface area contributed by atoms with Gasteiger partial charge in [0, 0.05) is 31.7 Å². The molecule has 0 N–H and O–H groups in total. The van der Waals surface area contributed by atoms with Crippen molar-refractivity contribution in [2.75, 3.05) is 33.2 Å². The van der Waals surface area contributed by atoms with Crippen LogP contribution >= 0.6 is 0 Å². The van der Waals surface area contributed by atoms with Crippen LogP contribution in [0.25, 0.3) is 0 Å². The minimum atomic E-state index is -1.36. The number of carbonyl (C=O) groups excluding carboxylic acids is 1. The molecular weight excluding hydrogens is 288 g/mol. The molecular formula is C18H26N2OSi. The van der Waals surface area contributed by atoms with Gasteiger partial charge in [-0.1, -0.05) is 37.7 Å². The highest BCUT2D eigenvalue weighted by molar-refractivity contribution is 6.83. The first kappa shape index (κ1) is 16.8. The number of carbonyl (C=O) groups is 1. The summed E-state index contributed by atoms with van der Waals surface area (Å²) in [6.45, 7) is 10.3. The number of rotatable bonds is 2. The summed E-state index contributed by atoms with van der Waals surface area (Å²) >= 11 is 0. The minimum absolute atomic E-state index is 0.225. The highest BCUT2D eigenvalue weighted by Crippen LogP contribution is 2.09. The van der Waals surface area contributed by atoms with Gasteiger partial charge in [-0.05, 0) is 24.7 Å². The molecule has 2 rings (SSSR count). The smallest absolute Gasteiger partial charge is 0.227 e. The van der Waals surface area contributed by atoms with Gasteiger partial charge in [-0.15, -0.1) is 5.54 Å². The first-order valence-electron chi connectivity index (χ1n) is 7.92. The minimum Gasteiger partial charge on any atom is -0.340 e. The van der Waals surface area contributed by atoms with Gasteiger partial charge >= 0.3 is 0 Å². The van der Waals surface area contributed by atoms with Crippen LogP contribution in [-0.4, -0.2) is 57.0 Å². The van der Waals surface area contributed by atoms with Crippen LogP contribution < -0.4 is 0 Å². The van der Waals surface area contributed by atoms with E-state index in [0.29, 0.717) is 6.42 Å². The van der Waals surface area contributed by atoms with Crippen LogP contribution in [0.15, 0.2) is 24.3 Å². The van der Waals surface area contributed by atoms with E-state index in [4.69, 9.17) is 0 Å². The lowest BCUT2D eigenvalue weighted by molar-refractivity contribution is -0.132. The van der Waals surface area contributed by atoms with Gasteiger partial charge in [-0.25, -0.2) is 0 Å². The molecule has 0 aliphatic carbocycles. The van der Waals surface area contributed by atoms with Crippen molar-refractivity contribution in [3.63, 3.8) is 0 Å². The second-order valence-electron chi connectivity index (χ2n) is 7.06. The fourth-order valence-corrected chi connectivity index (χ4v) is 2.88. The van der Waals surface area contributed by atoms with Crippen molar-refractivity contribution in [3.8, 4) is 11.5 Å². The molecule has 0 aromatic heterocycles. The molecule has 118 valence electrons. The zero-order valence-electron chi connectivity index (χ0n) is 14.1. The lowest BCUT2D eigenvalue weighted by atomic mass is 10.1. The van der Waals surface area contributed by atoms with E-state index < -0.39 is 8.07 Å². The number of likely N-dealkylation sites (N-methyl/N-ethyl adjacent to an activating group) is 1. The molecule has 0 saturated carbocycles. The summed E-state index contributed by atoms with van der Waals surface area (Å²) in [6.07, 6.45) is 0.478. The summed E-state index contributed by atoms with van der Waals surface area (Å²) < 4.78 is 0. The quantitative estimate of drug-likeness (QED) is 0.617. The monoisotopic (exact) mass is 314 g/mol. The van der Waals surface area contributed by atoms with Gasteiger partial charge in [0.1, 0.15) is 8.07 Å². The number of hydrogen-bond donors (Lipinski definition) is 0. The van der Waals surface area contributed by atoms with Crippen molar-refractivity contribution in [1.29, 1.82) is 0 Å². The van der Waals surface area contributed by atoms with Crippen LogP contribution in [-0.2, 0) is 11.2 Å². The van der Waals surface area contributed by atoms with E-state index in [-0.39, 0.29) is 5.91 Å². The van der Waals surface area contributed by atoms with E-state index in [0.717, 1.165) is 37.3 Å². The molecule has 4 heteroatoms. The van der Waals surface area contributed by atoms with E-state index >= 15 is 0 Å². The molecule has 1 heterocycles. The third kappa shape index (κ3) is 5.32. The maximum Gasteiger partial charge on any atom is 0.227 e. The largest absolute Gasteiger partial charge is 0.340 e. The molecule has 1 aromatic carbocycles. The Hall–Kier alpha value is -1.57. The van der Waals surface area contributed by atoms with Crippen LogP contribution in [0.4, 0.5) is 0 Å². The summed E-state index contributed by atoms with van der Waals surface area (Å²) in [4.78, 5) is 16.6. The SMILES string of the molecule is CN1CCN(C(=O)Cc2cccc(C#C[Si](C)(C)C)c2)CC1.